The van der Waals surface area contributed by atoms with Gasteiger partial charge in [0.2, 0.25) is 10.0 Å². The smallest absolute Gasteiger partial charge is 0.257 e. The summed E-state index contributed by atoms with van der Waals surface area (Å²) in [6, 6.07) is 12.4. The molecule has 4 rings (SSSR count). The molecule has 1 N–H and O–H groups in total. The lowest BCUT2D eigenvalue weighted by atomic mass is 10.1. The minimum absolute atomic E-state index is 0.0323. The van der Waals surface area contributed by atoms with Gasteiger partial charge in [0, 0.05) is 18.2 Å². The summed E-state index contributed by atoms with van der Waals surface area (Å²) in [5.41, 5.74) is 1.88. The minimum Gasteiger partial charge on any atom is -0.298 e. The molecule has 1 amide bonds. The number of amides is 1. The molecule has 0 saturated carbocycles. The first-order valence-corrected chi connectivity index (χ1v) is 11.9. The average Bonchev–Trinajstić information content (AvgIpc) is 3.10. The van der Waals surface area contributed by atoms with Crippen molar-refractivity contribution in [3.8, 4) is 0 Å². The number of rotatable bonds is 4. The van der Waals surface area contributed by atoms with Crippen molar-refractivity contribution in [1.82, 2.24) is 9.29 Å². The lowest BCUT2D eigenvalue weighted by Gasteiger charge is -2.32. The summed E-state index contributed by atoms with van der Waals surface area (Å²) in [6.45, 7) is 4.25. The average molecular weight is 430 g/mol. The number of fused-ring (bicyclic) bond motifs is 1. The largest absolute Gasteiger partial charge is 0.298 e. The van der Waals surface area contributed by atoms with Gasteiger partial charge in [0.15, 0.2) is 5.13 Å². The number of sulfonamides is 1. The molecule has 1 aromatic heterocycles. The van der Waals surface area contributed by atoms with Crippen LogP contribution in [0.3, 0.4) is 0 Å². The van der Waals surface area contributed by atoms with Gasteiger partial charge >= 0.3 is 0 Å². The van der Waals surface area contributed by atoms with Crippen LogP contribution in [0, 0.1) is 6.92 Å². The molecule has 1 aliphatic rings. The molecule has 1 atom stereocenters. The van der Waals surface area contributed by atoms with Crippen molar-refractivity contribution < 1.29 is 13.2 Å². The first-order valence-electron chi connectivity index (χ1n) is 9.66. The van der Waals surface area contributed by atoms with Gasteiger partial charge in [0.1, 0.15) is 0 Å². The van der Waals surface area contributed by atoms with Crippen LogP contribution in [0.25, 0.3) is 10.2 Å². The number of hydrogen-bond donors (Lipinski definition) is 1. The van der Waals surface area contributed by atoms with Gasteiger partial charge in [0.05, 0.1) is 15.1 Å². The van der Waals surface area contributed by atoms with Crippen LogP contribution >= 0.6 is 11.3 Å². The van der Waals surface area contributed by atoms with Gasteiger partial charge in [-0.2, -0.15) is 4.31 Å². The normalized spacial score (nSPS) is 18.1. The lowest BCUT2D eigenvalue weighted by molar-refractivity contribution is 0.102. The van der Waals surface area contributed by atoms with Gasteiger partial charge in [0.25, 0.3) is 5.91 Å². The van der Waals surface area contributed by atoms with E-state index >= 15 is 0 Å². The number of hydrogen-bond acceptors (Lipinski definition) is 5. The topological polar surface area (TPSA) is 79.4 Å². The SMILES string of the molecule is Cc1ccc(S(=O)(=O)N2CCCCC2C)cc1C(=O)Nc1nc2ccccc2s1. The predicted octanol–water partition coefficient (Wildman–Crippen LogP) is 4.42. The first-order chi connectivity index (χ1) is 13.9. The molecule has 3 aromatic rings. The number of piperidine rings is 1. The van der Waals surface area contributed by atoms with E-state index in [1.54, 1.807) is 23.4 Å². The zero-order chi connectivity index (χ0) is 20.6. The van der Waals surface area contributed by atoms with Crippen molar-refractivity contribution in [3.63, 3.8) is 0 Å². The van der Waals surface area contributed by atoms with Gasteiger partial charge in [-0.05, 0) is 56.5 Å². The predicted molar refractivity (Wildman–Crippen MR) is 116 cm³/mol. The maximum Gasteiger partial charge on any atom is 0.257 e. The van der Waals surface area contributed by atoms with Gasteiger partial charge in [-0.25, -0.2) is 13.4 Å². The van der Waals surface area contributed by atoms with E-state index in [1.807, 2.05) is 31.2 Å². The van der Waals surface area contributed by atoms with Crippen molar-refractivity contribution >= 4 is 42.6 Å². The van der Waals surface area contributed by atoms with Crippen LogP contribution in [-0.2, 0) is 10.0 Å². The van der Waals surface area contributed by atoms with Crippen LogP contribution < -0.4 is 5.32 Å². The molecule has 0 bridgehead atoms. The highest BCUT2D eigenvalue weighted by Crippen LogP contribution is 2.28. The second-order valence-electron chi connectivity index (χ2n) is 7.38. The highest BCUT2D eigenvalue weighted by molar-refractivity contribution is 7.89. The second kappa shape index (κ2) is 7.85. The standard InChI is InChI=1S/C21H23N3O3S2/c1-14-10-11-16(29(26,27)24-12-6-5-7-15(24)2)13-17(14)20(25)23-21-22-18-8-3-4-9-19(18)28-21/h3-4,8-11,13,15H,5-7,12H2,1-2H3,(H,22,23,25). The van der Waals surface area contributed by atoms with Crippen molar-refractivity contribution in [2.24, 2.45) is 0 Å². The van der Waals surface area contributed by atoms with Crippen LogP contribution in [0.1, 0.15) is 42.1 Å². The number of nitrogens with one attached hydrogen (secondary N) is 1. The zero-order valence-corrected chi connectivity index (χ0v) is 18.0. The number of aromatic nitrogens is 1. The fourth-order valence-electron chi connectivity index (χ4n) is 3.66. The summed E-state index contributed by atoms with van der Waals surface area (Å²) in [5.74, 6) is -0.356. The van der Waals surface area contributed by atoms with Crippen LogP contribution in [0.2, 0.25) is 0 Å². The van der Waals surface area contributed by atoms with E-state index < -0.39 is 10.0 Å². The van der Waals surface area contributed by atoms with Gasteiger partial charge in [-0.15, -0.1) is 0 Å². The summed E-state index contributed by atoms with van der Waals surface area (Å²) in [6.07, 6.45) is 2.76. The first kappa shape index (κ1) is 20.0. The van der Waals surface area contributed by atoms with E-state index in [4.69, 9.17) is 0 Å². The Bertz CT molecular complexity index is 1140. The van der Waals surface area contributed by atoms with Crippen LogP contribution in [0.4, 0.5) is 5.13 Å². The number of anilines is 1. The maximum absolute atomic E-state index is 13.1. The van der Waals surface area contributed by atoms with Gasteiger partial charge < -0.3 is 0 Å². The zero-order valence-electron chi connectivity index (χ0n) is 16.4. The number of thiazole rings is 1. The van der Waals surface area contributed by atoms with E-state index in [0.29, 0.717) is 22.8 Å². The number of benzene rings is 2. The van der Waals surface area contributed by atoms with Crippen LogP contribution in [0.15, 0.2) is 47.4 Å². The third-order valence-electron chi connectivity index (χ3n) is 5.32. The number of aryl methyl sites for hydroxylation is 1. The molecule has 1 saturated heterocycles. The second-order valence-corrected chi connectivity index (χ2v) is 10.3. The fraction of sp³-hybridized carbons (Fsp3) is 0.333. The Hall–Kier alpha value is -2.29. The molecule has 1 aliphatic heterocycles. The molecule has 29 heavy (non-hydrogen) atoms. The van der Waals surface area contributed by atoms with Gasteiger partial charge in [-0.3, -0.25) is 10.1 Å². The maximum atomic E-state index is 13.1. The molecule has 152 valence electrons. The summed E-state index contributed by atoms with van der Waals surface area (Å²) in [5, 5.41) is 3.31. The molecule has 0 aliphatic carbocycles. The van der Waals surface area contributed by atoms with Crippen molar-refractivity contribution in [2.75, 3.05) is 11.9 Å². The highest BCUT2D eigenvalue weighted by atomic mass is 32.2. The highest BCUT2D eigenvalue weighted by Gasteiger charge is 2.31. The third kappa shape index (κ3) is 3.92. The molecule has 0 spiro atoms. The van der Waals surface area contributed by atoms with E-state index in [0.717, 1.165) is 29.5 Å². The Kier molecular flexibility index (Phi) is 5.42. The Morgan fingerprint density at radius 1 is 1.21 bits per heavy atom. The Balaban J connectivity index is 1.63. The molecule has 8 heteroatoms. The molecular weight excluding hydrogens is 406 g/mol. The molecule has 2 heterocycles. The molecule has 1 fully saturated rings. The number of nitrogens with zero attached hydrogens (tertiary/aromatic N) is 2. The lowest BCUT2D eigenvalue weighted by Crippen LogP contribution is -2.42. The van der Waals surface area contributed by atoms with E-state index in [2.05, 4.69) is 10.3 Å². The Morgan fingerprint density at radius 3 is 2.76 bits per heavy atom. The molecule has 1 unspecified atom stereocenters. The van der Waals surface area contributed by atoms with Crippen molar-refractivity contribution in [1.29, 1.82) is 0 Å². The molecule has 2 aromatic carbocycles. The Labute approximate surface area is 174 Å². The summed E-state index contributed by atoms with van der Waals surface area (Å²) in [4.78, 5) is 17.5. The van der Waals surface area contributed by atoms with E-state index in [1.165, 1.54) is 17.4 Å². The minimum atomic E-state index is -3.64. The number of para-hydroxylation sites is 1. The monoisotopic (exact) mass is 429 g/mol. The van der Waals surface area contributed by atoms with E-state index in [-0.39, 0.29) is 16.8 Å². The molecular formula is C21H23N3O3S2. The molecule has 0 radical (unpaired) electrons. The number of carbonyl (C=O) groups is 1. The summed E-state index contributed by atoms with van der Waals surface area (Å²) >= 11 is 1.39. The quantitative estimate of drug-likeness (QED) is 0.666. The Morgan fingerprint density at radius 2 is 2.00 bits per heavy atom. The van der Waals surface area contributed by atoms with Gasteiger partial charge in [-0.1, -0.05) is 36.0 Å². The van der Waals surface area contributed by atoms with E-state index in [9.17, 15) is 13.2 Å². The molecule has 6 nitrogen and oxygen atoms in total. The number of carbonyl (C=O) groups excluding carboxylic acids is 1. The van der Waals surface area contributed by atoms with Crippen molar-refractivity contribution in [2.45, 2.75) is 44.0 Å². The summed E-state index contributed by atoms with van der Waals surface area (Å²) < 4.78 is 28.8. The van der Waals surface area contributed by atoms with Crippen molar-refractivity contribution in [3.05, 3.63) is 53.6 Å². The van der Waals surface area contributed by atoms with Crippen LogP contribution in [-0.4, -0.2) is 36.2 Å². The fourth-order valence-corrected chi connectivity index (χ4v) is 6.25. The third-order valence-corrected chi connectivity index (χ3v) is 8.28. The summed E-state index contributed by atoms with van der Waals surface area (Å²) in [7, 11) is -3.64. The van der Waals surface area contributed by atoms with Crippen LogP contribution in [0.5, 0.6) is 0 Å².